The van der Waals surface area contributed by atoms with Gasteiger partial charge in [0.1, 0.15) is 24.0 Å². The number of nitrogens with zero attached hydrogens (tertiary/aromatic N) is 2. The Hall–Kier alpha value is -2.05. The summed E-state index contributed by atoms with van der Waals surface area (Å²) in [5.74, 6) is 2.12. The number of ether oxygens (including phenoxy) is 2. The molecule has 0 amide bonds. The van der Waals surface area contributed by atoms with Gasteiger partial charge in [-0.25, -0.2) is 9.97 Å². The van der Waals surface area contributed by atoms with E-state index in [1.165, 1.54) is 0 Å². The molecule has 0 aliphatic carbocycles. The Morgan fingerprint density at radius 2 is 2.10 bits per heavy atom. The molecule has 0 aliphatic heterocycles. The molecule has 0 unspecified atom stereocenters. The van der Waals surface area contributed by atoms with Gasteiger partial charge in [-0.2, -0.15) is 0 Å². The van der Waals surface area contributed by atoms with Gasteiger partial charge in [-0.05, 0) is 19.1 Å². The summed E-state index contributed by atoms with van der Waals surface area (Å²) in [7, 11) is 1.59. The topological polar surface area (TPSA) is 82.3 Å². The van der Waals surface area contributed by atoms with E-state index in [0.717, 1.165) is 0 Å². The third-order valence-corrected chi connectivity index (χ3v) is 2.99. The lowest BCUT2D eigenvalue weighted by molar-refractivity contribution is 0.128. The average Bonchev–Trinajstić information content (AvgIpc) is 2.47. The summed E-state index contributed by atoms with van der Waals surface area (Å²) in [4.78, 5) is 8.45. The van der Waals surface area contributed by atoms with E-state index in [9.17, 15) is 0 Å². The van der Waals surface area contributed by atoms with Crippen molar-refractivity contribution in [2.45, 2.75) is 13.5 Å². The fourth-order valence-electron chi connectivity index (χ4n) is 1.70. The van der Waals surface area contributed by atoms with Crippen LogP contribution in [0.25, 0.3) is 0 Å². The molecule has 2 aromatic rings. The lowest BCUT2D eigenvalue weighted by Crippen LogP contribution is -2.05. The Bertz CT molecular complexity index is 622. The van der Waals surface area contributed by atoms with Crippen molar-refractivity contribution in [1.82, 2.24) is 9.97 Å². The van der Waals surface area contributed by atoms with E-state index in [1.54, 1.807) is 31.4 Å². The van der Waals surface area contributed by atoms with Crippen LogP contribution in [0, 0.1) is 0 Å². The molecule has 1 heterocycles. The maximum Gasteiger partial charge on any atom is 0.158 e. The predicted octanol–water partition coefficient (Wildman–Crippen LogP) is 3.00. The smallest absolute Gasteiger partial charge is 0.158 e. The highest BCUT2D eigenvalue weighted by atomic mass is 35.5. The van der Waals surface area contributed by atoms with Gasteiger partial charge < -0.3 is 20.5 Å². The molecule has 2 rings (SSSR count). The van der Waals surface area contributed by atoms with Crippen molar-refractivity contribution < 1.29 is 9.47 Å². The van der Waals surface area contributed by atoms with Gasteiger partial charge in [-0.1, -0.05) is 11.6 Å². The van der Waals surface area contributed by atoms with Gasteiger partial charge in [0.05, 0.1) is 17.8 Å². The van der Waals surface area contributed by atoms with Crippen LogP contribution >= 0.6 is 11.6 Å². The van der Waals surface area contributed by atoms with Gasteiger partial charge in [-0.15, -0.1) is 0 Å². The summed E-state index contributed by atoms with van der Waals surface area (Å²) in [6.07, 6.45) is 0. The molecule has 6 nitrogen and oxygen atoms in total. The van der Waals surface area contributed by atoms with E-state index < -0.39 is 0 Å². The molecule has 1 aromatic heterocycles. The second-order valence-electron chi connectivity index (χ2n) is 4.20. The Kier molecular flexibility index (Phi) is 5.19. The number of methoxy groups -OCH3 is 1. The normalized spacial score (nSPS) is 10.4. The molecule has 21 heavy (non-hydrogen) atoms. The number of halogens is 1. The standard InChI is InChI=1S/C14H17ClN4O2/c1-3-21-8-14-18-12(16)7-13(19-14)17-11-6-9(20-2)4-5-10(11)15/h4-7H,3,8H2,1-2H3,(H3,16,17,18,19). The van der Waals surface area contributed by atoms with Gasteiger partial charge in [0.25, 0.3) is 0 Å². The van der Waals surface area contributed by atoms with Crippen LogP contribution in [0.5, 0.6) is 5.75 Å². The SMILES string of the molecule is CCOCc1nc(N)cc(Nc2cc(OC)ccc2Cl)n1. The molecule has 0 spiro atoms. The highest BCUT2D eigenvalue weighted by Crippen LogP contribution is 2.29. The first kappa shape index (κ1) is 15.3. The Labute approximate surface area is 128 Å². The van der Waals surface area contributed by atoms with Crippen LogP contribution in [0.2, 0.25) is 5.02 Å². The van der Waals surface area contributed by atoms with Crippen LogP contribution in [-0.4, -0.2) is 23.7 Å². The number of hydrogen-bond acceptors (Lipinski definition) is 6. The lowest BCUT2D eigenvalue weighted by atomic mass is 10.3. The maximum absolute atomic E-state index is 6.15. The molecule has 112 valence electrons. The Morgan fingerprint density at radius 1 is 1.29 bits per heavy atom. The van der Waals surface area contributed by atoms with Crippen LogP contribution in [0.3, 0.4) is 0 Å². The first-order chi connectivity index (χ1) is 10.1. The number of aromatic nitrogens is 2. The van der Waals surface area contributed by atoms with Gasteiger partial charge in [0, 0.05) is 18.7 Å². The zero-order valence-corrected chi connectivity index (χ0v) is 12.6. The van der Waals surface area contributed by atoms with E-state index >= 15 is 0 Å². The van der Waals surface area contributed by atoms with E-state index in [2.05, 4.69) is 15.3 Å². The summed E-state index contributed by atoms with van der Waals surface area (Å²) in [6, 6.07) is 6.94. The number of rotatable bonds is 6. The van der Waals surface area contributed by atoms with Gasteiger partial charge in [0.15, 0.2) is 5.82 Å². The van der Waals surface area contributed by atoms with Gasteiger partial charge in [0.2, 0.25) is 0 Å². The predicted molar refractivity (Wildman–Crippen MR) is 83.1 cm³/mol. The van der Waals surface area contributed by atoms with Crippen molar-refractivity contribution >= 4 is 28.9 Å². The first-order valence-electron chi connectivity index (χ1n) is 6.44. The van der Waals surface area contributed by atoms with E-state index in [1.807, 2.05) is 6.92 Å². The highest BCUT2D eigenvalue weighted by Gasteiger charge is 2.07. The number of nitrogen functional groups attached to an aromatic ring is 1. The number of anilines is 3. The molecule has 1 aromatic carbocycles. The molecule has 0 fully saturated rings. The fourth-order valence-corrected chi connectivity index (χ4v) is 1.87. The fraction of sp³-hybridized carbons (Fsp3) is 0.286. The zero-order chi connectivity index (χ0) is 15.2. The summed E-state index contributed by atoms with van der Waals surface area (Å²) >= 11 is 6.15. The molecule has 7 heteroatoms. The summed E-state index contributed by atoms with van der Waals surface area (Å²) in [5.41, 5.74) is 6.45. The van der Waals surface area contributed by atoms with E-state index in [-0.39, 0.29) is 0 Å². The number of hydrogen-bond donors (Lipinski definition) is 2. The van der Waals surface area contributed by atoms with Crippen molar-refractivity contribution in [3.05, 3.63) is 35.1 Å². The molecule has 0 radical (unpaired) electrons. The van der Waals surface area contributed by atoms with Crippen LogP contribution in [0.1, 0.15) is 12.7 Å². The number of nitrogens with two attached hydrogens (primary N) is 1. The van der Waals surface area contributed by atoms with Crippen LogP contribution in [-0.2, 0) is 11.3 Å². The minimum atomic E-state index is 0.308. The molecule has 0 saturated heterocycles. The second kappa shape index (κ2) is 7.10. The largest absolute Gasteiger partial charge is 0.497 e. The van der Waals surface area contributed by atoms with Gasteiger partial charge in [-0.3, -0.25) is 0 Å². The van der Waals surface area contributed by atoms with Crippen molar-refractivity contribution in [3.63, 3.8) is 0 Å². The Balaban J connectivity index is 2.24. The number of nitrogens with one attached hydrogen (secondary N) is 1. The quantitative estimate of drug-likeness (QED) is 0.853. The van der Waals surface area contributed by atoms with Crippen molar-refractivity contribution in [2.75, 3.05) is 24.8 Å². The summed E-state index contributed by atoms with van der Waals surface area (Å²) in [6.45, 7) is 2.80. The molecule has 3 N–H and O–H groups in total. The van der Waals surface area contributed by atoms with E-state index in [0.29, 0.717) is 47.1 Å². The average molecular weight is 309 g/mol. The van der Waals surface area contributed by atoms with Crippen LogP contribution < -0.4 is 15.8 Å². The first-order valence-corrected chi connectivity index (χ1v) is 6.82. The monoisotopic (exact) mass is 308 g/mol. The van der Waals surface area contributed by atoms with E-state index in [4.69, 9.17) is 26.8 Å². The molecule has 0 atom stereocenters. The minimum Gasteiger partial charge on any atom is -0.497 e. The zero-order valence-electron chi connectivity index (χ0n) is 11.9. The Morgan fingerprint density at radius 3 is 2.81 bits per heavy atom. The molecule has 0 bridgehead atoms. The third-order valence-electron chi connectivity index (χ3n) is 2.66. The lowest BCUT2D eigenvalue weighted by Gasteiger charge is -2.11. The summed E-state index contributed by atoms with van der Waals surface area (Å²) < 4.78 is 10.5. The third kappa shape index (κ3) is 4.21. The maximum atomic E-state index is 6.15. The molecular formula is C14H17ClN4O2. The van der Waals surface area contributed by atoms with Crippen LogP contribution in [0.15, 0.2) is 24.3 Å². The molecular weight excluding hydrogens is 292 g/mol. The van der Waals surface area contributed by atoms with Crippen LogP contribution in [0.4, 0.5) is 17.3 Å². The number of benzene rings is 1. The van der Waals surface area contributed by atoms with Crippen molar-refractivity contribution in [2.24, 2.45) is 0 Å². The molecule has 0 aliphatic rings. The summed E-state index contributed by atoms with van der Waals surface area (Å²) in [5, 5.41) is 3.66. The molecule has 0 saturated carbocycles. The van der Waals surface area contributed by atoms with Gasteiger partial charge >= 0.3 is 0 Å². The second-order valence-corrected chi connectivity index (χ2v) is 4.61. The minimum absolute atomic E-state index is 0.308. The van der Waals surface area contributed by atoms with Crippen molar-refractivity contribution in [3.8, 4) is 5.75 Å². The highest BCUT2D eigenvalue weighted by molar-refractivity contribution is 6.33. The van der Waals surface area contributed by atoms with Crippen molar-refractivity contribution in [1.29, 1.82) is 0 Å².